The lowest BCUT2D eigenvalue weighted by atomic mass is 10.2. The Bertz CT molecular complexity index is 566. The average molecular weight is 235 g/mol. The number of amides is 1. The third kappa shape index (κ3) is 2.22. The molecule has 0 saturated heterocycles. The molecule has 7 heteroatoms. The molecular formula is C10H10FN5O. The molecule has 0 aliphatic rings. The SMILES string of the molecule is Cn1ncnc1NC(=O)c1cc(N)ccc1F. The van der Waals surface area contributed by atoms with Gasteiger partial charge in [0.25, 0.3) is 5.91 Å². The van der Waals surface area contributed by atoms with Crippen LogP contribution in [0, 0.1) is 5.82 Å². The van der Waals surface area contributed by atoms with E-state index in [0.717, 1.165) is 6.07 Å². The van der Waals surface area contributed by atoms with Gasteiger partial charge in [0, 0.05) is 12.7 Å². The normalized spacial score (nSPS) is 10.2. The lowest BCUT2D eigenvalue weighted by Crippen LogP contribution is -2.17. The van der Waals surface area contributed by atoms with Crippen LogP contribution in [0.4, 0.5) is 16.0 Å². The number of aryl methyl sites for hydroxylation is 1. The first-order valence-corrected chi connectivity index (χ1v) is 4.78. The van der Waals surface area contributed by atoms with Gasteiger partial charge in [-0.05, 0) is 18.2 Å². The summed E-state index contributed by atoms with van der Waals surface area (Å²) in [7, 11) is 1.61. The quantitative estimate of drug-likeness (QED) is 0.753. The molecule has 0 aliphatic carbocycles. The largest absolute Gasteiger partial charge is 0.399 e. The summed E-state index contributed by atoms with van der Waals surface area (Å²) in [5, 5.41) is 6.21. The number of aromatic nitrogens is 3. The Kier molecular flexibility index (Phi) is 2.73. The van der Waals surface area contributed by atoms with E-state index in [1.807, 2.05) is 0 Å². The number of anilines is 2. The minimum absolute atomic E-state index is 0.131. The molecule has 0 bridgehead atoms. The zero-order valence-electron chi connectivity index (χ0n) is 9.01. The fraction of sp³-hybridized carbons (Fsp3) is 0.100. The number of benzene rings is 1. The molecule has 0 fully saturated rings. The summed E-state index contributed by atoms with van der Waals surface area (Å²) in [4.78, 5) is 15.5. The number of carbonyl (C=O) groups excluding carboxylic acids is 1. The van der Waals surface area contributed by atoms with Crippen LogP contribution >= 0.6 is 0 Å². The van der Waals surface area contributed by atoms with Crippen molar-refractivity contribution in [2.75, 3.05) is 11.1 Å². The molecule has 2 rings (SSSR count). The van der Waals surface area contributed by atoms with Crippen molar-refractivity contribution in [3.63, 3.8) is 0 Å². The number of carbonyl (C=O) groups is 1. The van der Waals surface area contributed by atoms with Crippen molar-refractivity contribution in [2.24, 2.45) is 7.05 Å². The van der Waals surface area contributed by atoms with E-state index in [1.54, 1.807) is 7.05 Å². The molecular weight excluding hydrogens is 225 g/mol. The molecule has 1 aromatic heterocycles. The van der Waals surface area contributed by atoms with Crippen LogP contribution in [0.5, 0.6) is 0 Å². The second-order valence-electron chi connectivity index (χ2n) is 3.40. The van der Waals surface area contributed by atoms with Gasteiger partial charge in [-0.3, -0.25) is 10.1 Å². The van der Waals surface area contributed by atoms with Gasteiger partial charge in [0.05, 0.1) is 5.56 Å². The van der Waals surface area contributed by atoms with E-state index in [9.17, 15) is 9.18 Å². The van der Waals surface area contributed by atoms with Gasteiger partial charge < -0.3 is 5.73 Å². The first-order valence-electron chi connectivity index (χ1n) is 4.78. The summed E-state index contributed by atoms with van der Waals surface area (Å²) in [5.74, 6) is -1.03. The predicted octanol–water partition coefficient (Wildman–Crippen LogP) is 0.789. The molecule has 0 aliphatic heterocycles. The minimum atomic E-state index is -0.640. The topological polar surface area (TPSA) is 85.8 Å². The van der Waals surface area contributed by atoms with Crippen LogP contribution in [0.1, 0.15) is 10.4 Å². The van der Waals surface area contributed by atoms with Crippen LogP contribution in [0.15, 0.2) is 24.5 Å². The van der Waals surface area contributed by atoms with Crippen LogP contribution in [0.2, 0.25) is 0 Å². The highest BCUT2D eigenvalue weighted by molar-refractivity contribution is 6.04. The third-order valence-electron chi connectivity index (χ3n) is 2.17. The number of halogens is 1. The highest BCUT2D eigenvalue weighted by Gasteiger charge is 2.14. The molecule has 1 heterocycles. The maximum absolute atomic E-state index is 13.4. The van der Waals surface area contributed by atoms with Crippen molar-refractivity contribution >= 4 is 17.5 Å². The Hall–Kier alpha value is -2.44. The second-order valence-corrected chi connectivity index (χ2v) is 3.40. The zero-order valence-corrected chi connectivity index (χ0v) is 9.01. The van der Waals surface area contributed by atoms with Gasteiger partial charge in [0.2, 0.25) is 5.95 Å². The first-order chi connectivity index (χ1) is 8.08. The Morgan fingerprint density at radius 1 is 1.53 bits per heavy atom. The summed E-state index contributed by atoms with van der Waals surface area (Å²) in [6, 6.07) is 3.79. The number of nitrogens with one attached hydrogen (secondary N) is 1. The van der Waals surface area contributed by atoms with Gasteiger partial charge in [0.15, 0.2) is 0 Å². The summed E-state index contributed by atoms with van der Waals surface area (Å²) < 4.78 is 14.8. The lowest BCUT2D eigenvalue weighted by molar-refractivity contribution is 0.102. The maximum atomic E-state index is 13.4. The highest BCUT2D eigenvalue weighted by atomic mass is 19.1. The van der Waals surface area contributed by atoms with Crippen molar-refractivity contribution in [1.29, 1.82) is 0 Å². The molecule has 1 aromatic carbocycles. The Morgan fingerprint density at radius 3 is 2.94 bits per heavy atom. The molecule has 17 heavy (non-hydrogen) atoms. The van der Waals surface area contributed by atoms with Crippen LogP contribution in [0.25, 0.3) is 0 Å². The third-order valence-corrected chi connectivity index (χ3v) is 2.17. The minimum Gasteiger partial charge on any atom is -0.399 e. The number of hydrogen-bond donors (Lipinski definition) is 2. The first kappa shape index (κ1) is 11.1. The van der Waals surface area contributed by atoms with E-state index in [4.69, 9.17) is 5.73 Å². The Labute approximate surface area is 96.3 Å². The van der Waals surface area contributed by atoms with Crippen molar-refractivity contribution in [3.05, 3.63) is 35.9 Å². The van der Waals surface area contributed by atoms with E-state index in [-0.39, 0.29) is 11.5 Å². The fourth-order valence-corrected chi connectivity index (χ4v) is 1.30. The second kappa shape index (κ2) is 4.20. The van der Waals surface area contributed by atoms with Gasteiger partial charge >= 0.3 is 0 Å². The fourth-order valence-electron chi connectivity index (χ4n) is 1.30. The molecule has 0 saturated carbocycles. The van der Waals surface area contributed by atoms with Crippen molar-refractivity contribution in [2.45, 2.75) is 0 Å². The highest BCUT2D eigenvalue weighted by Crippen LogP contribution is 2.13. The van der Waals surface area contributed by atoms with E-state index >= 15 is 0 Å². The van der Waals surface area contributed by atoms with Crippen molar-refractivity contribution < 1.29 is 9.18 Å². The molecule has 2 aromatic rings. The molecule has 0 unspecified atom stereocenters. The number of nitrogen functional groups attached to an aromatic ring is 1. The van der Waals surface area contributed by atoms with E-state index in [0.29, 0.717) is 5.69 Å². The summed E-state index contributed by atoms with van der Waals surface area (Å²) >= 11 is 0. The summed E-state index contributed by atoms with van der Waals surface area (Å²) in [6.45, 7) is 0. The van der Waals surface area contributed by atoms with Crippen LogP contribution < -0.4 is 11.1 Å². The van der Waals surface area contributed by atoms with Crippen LogP contribution in [0.3, 0.4) is 0 Å². The summed E-state index contributed by atoms with van der Waals surface area (Å²) in [6.07, 6.45) is 1.28. The number of hydrogen-bond acceptors (Lipinski definition) is 4. The Morgan fingerprint density at radius 2 is 2.29 bits per heavy atom. The molecule has 88 valence electrons. The van der Waals surface area contributed by atoms with Gasteiger partial charge in [-0.2, -0.15) is 10.1 Å². The van der Waals surface area contributed by atoms with Crippen LogP contribution in [-0.4, -0.2) is 20.7 Å². The van der Waals surface area contributed by atoms with Crippen molar-refractivity contribution in [3.8, 4) is 0 Å². The van der Waals surface area contributed by atoms with E-state index < -0.39 is 11.7 Å². The number of nitrogens with zero attached hydrogens (tertiary/aromatic N) is 3. The van der Waals surface area contributed by atoms with E-state index in [2.05, 4.69) is 15.4 Å². The van der Waals surface area contributed by atoms with Gasteiger partial charge in [-0.15, -0.1) is 0 Å². The molecule has 0 atom stereocenters. The molecule has 0 spiro atoms. The van der Waals surface area contributed by atoms with Gasteiger partial charge in [-0.1, -0.05) is 0 Å². The smallest absolute Gasteiger partial charge is 0.261 e. The van der Waals surface area contributed by atoms with Gasteiger partial charge in [0.1, 0.15) is 12.1 Å². The number of nitrogens with two attached hydrogens (primary N) is 1. The molecule has 1 amide bonds. The van der Waals surface area contributed by atoms with Crippen molar-refractivity contribution in [1.82, 2.24) is 14.8 Å². The molecule has 6 nitrogen and oxygen atoms in total. The maximum Gasteiger partial charge on any atom is 0.261 e. The van der Waals surface area contributed by atoms with E-state index in [1.165, 1.54) is 23.1 Å². The average Bonchev–Trinajstić information content (AvgIpc) is 2.68. The predicted molar refractivity (Wildman–Crippen MR) is 59.8 cm³/mol. The van der Waals surface area contributed by atoms with Crippen LogP contribution in [-0.2, 0) is 7.05 Å². The standard InChI is InChI=1S/C10H10FN5O/c1-16-10(13-5-14-16)15-9(17)7-4-6(12)2-3-8(7)11/h2-5H,12H2,1H3,(H,13,14,15,17). The monoisotopic (exact) mass is 235 g/mol. The molecule has 3 N–H and O–H groups in total. The van der Waals surface area contributed by atoms with Gasteiger partial charge in [-0.25, -0.2) is 9.07 Å². The summed E-state index contributed by atoms with van der Waals surface area (Å²) in [5.41, 5.74) is 5.67. The zero-order chi connectivity index (χ0) is 12.4. The Balaban J connectivity index is 2.26. The lowest BCUT2D eigenvalue weighted by Gasteiger charge is -2.05. The number of rotatable bonds is 2. The molecule has 0 radical (unpaired) electrons.